The van der Waals surface area contributed by atoms with Gasteiger partial charge in [-0.3, -0.25) is 4.99 Å². The smallest absolute Gasteiger partial charge is 0.409 e. The van der Waals surface area contributed by atoms with Crippen molar-refractivity contribution >= 4 is 17.9 Å². The summed E-state index contributed by atoms with van der Waals surface area (Å²) >= 11 is 0. The number of carbonyl (C=O) groups is 1. The quantitative estimate of drug-likeness (QED) is 0.836. The first-order chi connectivity index (χ1) is 11.8. The second-order valence-corrected chi connectivity index (χ2v) is 5.52. The van der Waals surface area contributed by atoms with Crippen molar-refractivity contribution in [1.82, 2.24) is 15.0 Å². The van der Waals surface area contributed by atoms with Crippen molar-refractivity contribution in [3.05, 3.63) is 29.9 Å². The zero-order valence-corrected chi connectivity index (χ0v) is 13.6. The third-order valence-corrected chi connectivity index (χ3v) is 3.91. The maximum Gasteiger partial charge on any atom is 0.409 e. The second kappa shape index (κ2) is 7.87. The highest BCUT2D eigenvalue weighted by molar-refractivity contribution is 5.87. The Kier molecular flexibility index (Phi) is 5.37. The van der Waals surface area contributed by atoms with Crippen LogP contribution in [-0.4, -0.2) is 60.2 Å². The number of likely N-dealkylation sites (tertiary alicyclic amines) is 1. The zero-order chi connectivity index (χ0) is 16.8. The number of ether oxygens (including phenoxy) is 2. The predicted octanol–water partition coefficient (Wildman–Crippen LogP) is 1.84. The lowest BCUT2D eigenvalue weighted by molar-refractivity contribution is -0.0109. The molecule has 0 atom stereocenters. The van der Waals surface area contributed by atoms with Gasteiger partial charge in [-0.05, 0) is 18.9 Å². The van der Waals surface area contributed by atoms with E-state index in [-0.39, 0.29) is 18.8 Å². The summed E-state index contributed by atoms with van der Waals surface area (Å²) in [6.07, 6.45) is 8.76. The summed E-state index contributed by atoms with van der Waals surface area (Å²) in [5.74, 6) is 0.967. The molecule has 8 nitrogen and oxygen atoms in total. The number of nitrogens with zero attached hydrogens (tertiary/aromatic N) is 4. The van der Waals surface area contributed by atoms with Crippen LogP contribution in [0, 0.1) is 0 Å². The minimum Gasteiger partial charge on any atom is -0.453 e. The highest BCUT2D eigenvalue weighted by Gasteiger charge is 2.24. The molecule has 1 fully saturated rings. The monoisotopic (exact) mass is 332 g/mol. The Bertz CT molecular complexity index is 657. The van der Waals surface area contributed by atoms with Crippen LogP contribution in [-0.2, 0) is 16.1 Å². The molecule has 24 heavy (non-hydrogen) atoms. The van der Waals surface area contributed by atoms with Crippen LogP contribution in [0.3, 0.4) is 0 Å². The molecular weight excluding hydrogens is 312 g/mol. The average molecular weight is 332 g/mol. The van der Waals surface area contributed by atoms with Crippen molar-refractivity contribution in [3.63, 3.8) is 0 Å². The molecule has 0 saturated carbocycles. The van der Waals surface area contributed by atoms with Crippen LogP contribution in [0.2, 0.25) is 0 Å². The minimum absolute atomic E-state index is 0.0744. The molecule has 1 aromatic rings. The number of allylic oxidation sites excluding steroid dienone is 3. The zero-order valence-electron chi connectivity index (χ0n) is 13.6. The maximum absolute atomic E-state index is 11.4. The van der Waals surface area contributed by atoms with Gasteiger partial charge < -0.3 is 18.9 Å². The maximum atomic E-state index is 11.4. The van der Waals surface area contributed by atoms with Crippen LogP contribution in [0.15, 0.2) is 27.7 Å². The van der Waals surface area contributed by atoms with Gasteiger partial charge in [0, 0.05) is 24.9 Å². The van der Waals surface area contributed by atoms with Gasteiger partial charge in [-0.2, -0.15) is 4.98 Å². The van der Waals surface area contributed by atoms with Crippen molar-refractivity contribution in [2.45, 2.75) is 25.6 Å². The number of aromatic nitrogens is 2. The molecular formula is C16H20N4O4. The standard InChI is InChI=1S/C16H20N4O4/c1-22-16(21)20-9-5-13(6-10-20)23-11-14-18-15(19-24-14)12-3-2-7-17-8-4-12/h2-4,8,13H,5-7,9-11H2,1H3. The first kappa shape index (κ1) is 16.4. The Morgan fingerprint density at radius 2 is 2.25 bits per heavy atom. The van der Waals surface area contributed by atoms with Crippen molar-refractivity contribution in [2.75, 3.05) is 26.7 Å². The first-order valence-corrected chi connectivity index (χ1v) is 7.90. The summed E-state index contributed by atoms with van der Waals surface area (Å²) in [5.41, 5.74) is 0.859. The van der Waals surface area contributed by atoms with Gasteiger partial charge in [0.05, 0.1) is 19.8 Å². The second-order valence-electron chi connectivity index (χ2n) is 5.52. The molecule has 2 aliphatic heterocycles. The molecule has 0 bridgehead atoms. The average Bonchev–Trinajstić information content (AvgIpc) is 2.93. The molecule has 3 rings (SSSR count). The van der Waals surface area contributed by atoms with Crippen molar-refractivity contribution in [3.8, 4) is 0 Å². The summed E-state index contributed by atoms with van der Waals surface area (Å²) in [4.78, 5) is 21.6. The SMILES string of the molecule is COC(=O)N1CCC(OCc2nc(C3=CC=NCC=C3)no2)CC1. The number of aliphatic imine (C=N–C) groups is 1. The fourth-order valence-electron chi connectivity index (χ4n) is 2.59. The summed E-state index contributed by atoms with van der Waals surface area (Å²) in [6, 6.07) is 0. The number of piperidine rings is 1. The number of methoxy groups -OCH3 is 1. The van der Waals surface area contributed by atoms with Crippen LogP contribution in [0.1, 0.15) is 24.6 Å². The van der Waals surface area contributed by atoms with E-state index in [4.69, 9.17) is 14.0 Å². The Morgan fingerprint density at radius 1 is 1.42 bits per heavy atom. The third-order valence-electron chi connectivity index (χ3n) is 3.91. The minimum atomic E-state index is -0.289. The fourth-order valence-corrected chi connectivity index (χ4v) is 2.59. The van der Waals surface area contributed by atoms with Gasteiger partial charge in [-0.25, -0.2) is 4.79 Å². The van der Waals surface area contributed by atoms with Crippen molar-refractivity contribution < 1.29 is 18.8 Å². The van der Waals surface area contributed by atoms with Crippen LogP contribution < -0.4 is 0 Å². The molecule has 0 unspecified atom stereocenters. The molecule has 0 aromatic carbocycles. The lowest BCUT2D eigenvalue weighted by Gasteiger charge is -2.30. The summed E-state index contributed by atoms with van der Waals surface area (Å²) in [7, 11) is 1.39. The summed E-state index contributed by atoms with van der Waals surface area (Å²) in [5, 5.41) is 3.97. The van der Waals surface area contributed by atoms with E-state index >= 15 is 0 Å². The Balaban J connectivity index is 1.49. The van der Waals surface area contributed by atoms with Crippen LogP contribution in [0.5, 0.6) is 0 Å². The number of amides is 1. The van der Waals surface area contributed by atoms with Gasteiger partial charge in [0.15, 0.2) is 0 Å². The molecule has 1 amide bonds. The van der Waals surface area contributed by atoms with Gasteiger partial charge in [-0.15, -0.1) is 0 Å². The number of hydrogen-bond donors (Lipinski definition) is 0. The summed E-state index contributed by atoms with van der Waals surface area (Å²) < 4.78 is 15.8. The normalized spacial score (nSPS) is 18.4. The van der Waals surface area contributed by atoms with E-state index in [1.807, 2.05) is 18.2 Å². The van der Waals surface area contributed by atoms with Gasteiger partial charge >= 0.3 is 6.09 Å². The Morgan fingerprint density at radius 3 is 3.04 bits per heavy atom. The molecule has 8 heteroatoms. The van der Waals surface area contributed by atoms with Gasteiger partial charge in [0.1, 0.15) is 6.61 Å². The van der Waals surface area contributed by atoms with E-state index in [1.54, 1.807) is 11.1 Å². The number of rotatable bonds is 4. The topological polar surface area (TPSA) is 90.0 Å². The van der Waals surface area contributed by atoms with Gasteiger partial charge in [-0.1, -0.05) is 17.3 Å². The van der Waals surface area contributed by atoms with Crippen LogP contribution in [0.4, 0.5) is 4.79 Å². The largest absolute Gasteiger partial charge is 0.453 e. The highest BCUT2D eigenvalue weighted by atomic mass is 16.5. The predicted molar refractivity (Wildman–Crippen MR) is 86.6 cm³/mol. The fraction of sp³-hybridized carbons (Fsp3) is 0.500. The molecule has 3 heterocycles. The Labute approximate surface area is 139 Å². The molecule has 0 aliphatic carbocycles. The van der Waals surface area contributed by atoms with Crippen LogP contribution >= 0.6 is 0 Å². The number of carbonyl (C=O) groups excluding carboxylic acids is 1. The Hall–Kier alpha value is -2.48. The van der Waals surface area contributed by atoms with Gasteiger partial charge in [0.2, 0.25) is 5.82 Å². The molecule has 128 valence electrons. The highest BCUT2D eigenvalue weighted by Crippen LogP contribution is 2.17. The molecule has 0 N–H and O–H groups in total. The van der Waals surface area contributed by atoms with E-state index in [0.717, 1.165) is 18.4 Å². The lowest BCUT2D eigenvalue weighted by atomic mass is 10.1. The van der Waals surface area contributed by atoms with E-state index in [2.05, 4.69) is 15.1 Å². The molecule has 0 spiro atoms. The molecule has 2 aliphatic rings. The van der Waals surface area contributed by atoms with E-state index in [9.17, 15) is 4.79 Å². The molecule has 0 radical (unpaired) electrons. The van der Waals surface area contributed by atoms with Crippen molar-refractivity contribution in [1.29, 1.82) is 0 Å². The van der Waals surface area contributed by atoms with E-state index in [1.165, 1.54) is 7.11 Å². The van der Waals surface area contributed by atoms with Crippen molar-refractivity contribution in [2.24, 2.45) is 4.99 Å². The van der Waals surface area contributed by atoms with E-state index in [0.29, 0.717) is 31.3 Å². The molecule has 1 aromatic heterocycles. The first-order valence-electron chi connectivity index (χ1n) is 7.90. The lowest BCUT2D eigenvalue weighted by Crippen LogP contribution is -2.40. The van der Waals surface area contributed by atoms with Gasteiger partial charge in [0.25, 0.3) is 5.89 Å². The summed E-state index contributed by atoms with van der Waals surface area (Å²) in [6.45, 7) is 2.17. The third kappa shape index (κ3) is 4.08. The van der Waals surface area contributed by atoms with Crippen LogP contribution in [0.25, 0.3) is 5.57 Å². The molecule has 1 saturated heterocycles. The number of hydrogen-bond acceptors (Lipinski definition) is 7. The van der Waals surface area contributed by atoms with E-state index < -0.39 is 0 Å².